The molecule has 0 saturated heterocycles. The number of hydrogen-bond donors (Lipinski definition) is 2. The first-order valence-corrected chi connectivity index (χ1v) is 7.25. The van der Waals surface area contributed by atoms with E-state index in [2.05, 4.69) is 34.0 Å². The SMILES string of the molecule is Clc1nc(Nc2c(Cl)ccc3nsnc23)c2[nH]cnc2n1. The number of halogens is 2. The maximum atomic E-state index is 6.25. The second kappa shape index (κ2) is 4.76. The van der Waals surface area contributed by atoms with Crippen molar-refractivity contribution in [2.75, 3.05) is 5.32 Å². The molecule has 0 aliphatic carbocycles. The number of nitrogens with one attached hydrogen (secondary N) is 2. The van der Waals surface area contributed by atoms with Gasteiger partial charge in [-0.05, 0) is 23.7 Å². The van der Waals surface area contributed by atoms with E-state index in [1.54, 1.807) is 6.07 Å². The lowest BCUT2D eigenvalue weighted by Crippen LogP contribution is -1.98. The smallest absolute Gasteiger partial charge is 0.226 e. The minimum Gasteiger partial charge on any atom is -0.340 e. The second-order valence-electron chi connectivity index (χ2n) is 4.12. The number of fused-ring (bicyclic) bond motifs is 2. The standard InChI is InChI=1S/C11H5Cl2N7S/c12-4-1-2-5-7(20-21-19-5)6(4)16-10-8-9(15-3-14-8)17-11(13)18-10/h1-3H,(H2,14,15,16,17,18). The highest BCUT2D eigenvalue weighted by molar-refractivity contribution is 7.00. The van der Waals surface area contributed by atoms with Gasteiger partial charge in [0, 0.05) is 0 Å². The Labute approximate surface area is 131 Å². The summed E-state index contributed by atoms with van der Waals surface area (Å²) >= 11 is 13.3. The lowest BCUT2D eigenvalue weighted by atomic mass is 10.2. The Balaban J connectivity index is 1.92. The van der Waals surface area contributed by atoms with Gasteiger partial charge in [-0.2, -0.15) is 18.7 Å². The summed E-state index contributed by atoms with van der Waals surface area (Å²) in [5, 5.41) is 3.74. The van der Waals surface area contributed by atoms with Crippen molar-refractivity contribution in [3.8, 4) is 0 Å². The van der Waals surface area contributed by atoms with E-state index in [1.807, 2.05) is 6.07 Å². The summed E-state index contributed by atoms with van der Waals surface area (Å²) in [6.45, 7) is 0. The molecule has 10 heteroatoms. The van der Waals surface area contributed by atoms with E-state index >= 15 is 0 Å². The quantitative estimate of drug-likeness (QED) is 0.544. The number of hydrogen-bond acceptors (Lipinski definition) is 7. The van der Waals surface area contributed by atoms with Gasteiger partial charge in [-0.25, -0.2) is 4.98 Å². The van der Waals surface area contributed by atoms with Crippen LogP contribution >= 0.6 is 34.9 Å². The fourth-order valence-corrected chi connectivity index (χ4v) is 2.87. The summed E-state index contributed by atoms with van der Waals surface area (Å²) in [5.74, 6) is 0.477. The minimum atomic E-state index is 0.0943. The molecule has 0 bridgehead atoms. The number of rotatable bonds is 2. The number of aromatic nitrogens is 6. The van der Waals surface area contributed by atoms with Crippen LogP contribution in [0.1, 0.15) is 0 Å². The lowest BCUT2D eigenvalue weighted by molar-refractivity contribution is 1.20. The van der Waals surface area contributed by atoms with Gasteiger partial charge in [-0.3, -0.25) is 0 Å². The molecule has 4 rings (SSSR count). The Hall–Kier alpha value is -2.03. The number of H-pyrrole nitrogens is 1. The summed E-state index contributed by atoms with van der Waals surface area (Å²) in [4.78, 5) is 15.2. The molecule has 0 radical (unpaired) electrons. The highest BCUT2D eigenvalue weighted by Crippen LogP contribution is 2.33. The molecule has 21 heavy (non-hydrogen) atoms. The van der Waals surface area contributed by atoms with Crippen LogP contribution in [0, 0.1) is 0 Å². The monoisotopic (exact) mass is 337 g/mol. The predicted molar refractivity (Wildman–Crippen MR) is 82.4 cm³/mol. The van der Waals surface area contributed by atoms with Crippen LogP contribution in [0.5, 0.6) is 0 Å². The van der Waals surface area contributed by atoms with E-state index in [9.17, 15) is 0 Å². The van der Waals surface area contributed by atoms with Crippen LogP contribution in [0.4, 0.5) is 11.5 Å². The normalized spacial score (nSPS) is 11.3. The van der Waals surface area contributed by atoms with Gasteiger partial charge in [0.1, 0.15) is 16.6 Å². The van der Waals surface area contributed by atoms with Crippen molar-refractivity contribution in [3.05, 3.63) is 28.8 Å². The number of imidazole rings is 1. The van der Waals surface area contributed by atoms with Crippen LogP contribution in [0.15, 0.2) is 18.5 Å². The molecule has 4 aromatic rings. The zero-order valence-corrected chi connectivity index (χ0v) is 12.5. The molecule has 3 aromatic heterocycles. The molecule has 0 unspecified atom stereocenters. The van der Waals surface area contributed by atoms with E-state index in [0.717, 1.165) is 17.2 Å². The molecule has 1 aromatic carbocycles. The van der Waals surface area contributed by atoms with E-state index in [1.165, 1.54) is 6.33 Å². The Morgan fingerprint density at radius 2 is 2.05 bits per heavy atom. The Bertz CT molecular complexity index is 964. The number of aromatic amines is 1. The van der Waals surface area contributed by atoms with Gasteiger partial charge in [0.15, 0.2) is 11.5 Å². The maximum absolute atomic E-state index is 6.25. The van der Waals surface area contributed by atoms with Gasteiger partial charge in [0.25, 0.3) is 0 Å². The van der Waals surface area contributed by atoms with Gasteiger partial charge in [-0.15, -0.1) is 0 Å². The molecule has 0 spiro atoms. The molecule has 0 amide bonds. The van der Waals surface area contributed by atoms with Crippen molar-refractivity contribution in [2.24, 2.45) is 0 Å². The average Bonchev–Trinajstić information content (AvgIpc) is 3.09. The topological polar surface area (TPSA) is 92.3 Å². The molecule has 104 valence electrons. The summed E-state index contributed by atoms with van der Waals surface area (Å²) in [5.41, 5.74) is 3.16. The van der Waals surface area contributed by atoms with Crippen LogP contribution in [0.2, 0.25) is 10.3 Å². The maximum Gasteiger partial charge on any atom is 0.226 e. The Morgan fingerprint density at radius 3 is 2.95 bits per heavy atom. The molecule has 2 N–H and O–H groups in total. The number of benzene rings is 1. The lowest BCUT2D eigenvalue weighted by Gasteiger charge is -2.08. The van der Waals surface area contributed by atoms with Crippen LogP contribution in [0.3, 0.4) is 0 Å². The van der Waals surface area contributed by atoms with E-state index in [0.29, 0.717) is 33.2 Å². The molecule has 7 nitrogen and oxygen atoms in total. The van der Waals surface area contributed by atoms with Crippen molar-refractivity contribution in [1.29, 1.82) is 0 Å². The largest absolute Gasteiger partial charge is 0.340 e. The third-order valence-electron chi connectivity index (χ3n) is 2.88. The molecule has 0 saturated carbocycles. The molecule has 3 heterocycles. The summed E-state index contributed by atoms with van der Waals surface area (Å²) in [6.07, 6.45) is 1.52. The van der Waals surface area contributed by atoms with Gasteiger partial charge in [-0.1, -0.05) is 11.6 Å². The highest BCUT2D eigenvalue weighted by atomic mass is 35.5. The second-order valence-corrected chi connectivity index (χ2v) is 5.40. The van der Waals surface area contributed by atoms with Gasteiger partial charge in [0.05, 0.1) is 28.8 Å². The molecule has 0 fully saturated rings. The zero-order valence-electron chi connectivity index (χ0n) is 10.1. The number of anilines is 2. The van der Waals surface area contributed by atoms with E-state index in [-0.39, 0.29) is 5.28 Å². The molecular formula is C11H5Cl2N7S. The van der Waals surface area contributed by atoms with Crippen molar-refractivity contribution in [1.82, 2.24) is 28.7 Å². The van der Waals surface area contributed by atoms with Crippen molar-refractivity contribution >= 4 is 68.6 Å². The van der Waals surface area contributed by atoms with Gasteiger partial charge in [0.2, 0.25) is 5.28 Å². The highest BCUT2D eigenvalue weighted by Gasteiger charge is 2.14. The van der Waals surface area contributed by atoms with E-state index in [4.69, 9.17) is 23.2 Å². The van der Waals surface area contributed by atoms with Crippen LogP contribution < -0.4 is 5.32 Å². The van der Waals surface area contributed by atoms with Gasteiger partial charge >= 0.3 is 0 Å². The molecular weight excluding hydrogens is 333 g/mol. The first-order chi connectivity index (χ1) is 10.2. The molecule has 0 aliphatic rings. The third kappa shape index (κ3) is 2.08. The Morgan fingerprint density at radius 1 is 1.14 bits per heavy atom. The first kappa shape index (κ1) is 12.7. The molecule has 0 atom stereocenters. The fraction of sp³-hybridized carbons (Fsp3) is 0. The van der Waals surface area contributed by atoms with Crippen LogP contribution in [-0.4, -0.2) is 28.7 Å². The Kier molecular flexibility index (Phi) is 2.88. The summed E-state index contributed by atoms with van der Waals surface area (Å²) in [6, 6.07) is 3.56. The summed E-state index contributed by atoms with van der Waals surface area (Å²) < 4.78 is 8.43. The van der Waals surface area contributed by atoms with Crippen molar-refractivity contribution < 1.29 is 0 Å². The zero-order chi connectivity index (χ0) is 14.4. The van der Waals surface area contributed by atoms with Crippen molar-refractivity contribution in [3.63, 3.8) is 0 Å². The van der Waals surface area contributed by atoms with Crippen LogP contribution in [0.25, 0.3) is 22.2 Å². The minimum absolute atomic E-state index is 0.0943. The number of nitrogens with zero attached hydrogens (tertiary/aromatic N) is 5. The summed E-state index contributed by atoms with van der Waals surface area (Å²) in [7, 11) is 0. The van der Waals surface area contributed by atoms with Crippen molar-refractivity contribution in [2.45, 2.75) is 0 Å². The predicted octanol–water partition coefficient (Wildman–Crippen LogP) is 3.41. The van der Waals surface area contributed by atoms with Crippen LogP contribution in [-0.2, 0) is 0 Å². The third-order valence-corrected chi connectivity index (χ3v) is 3.91. The van der Waals surface area contributed by atoms with Gasteiger partial charge < -0.3 is 10.3 Å². The first-order valence-electron chi connectivity index (χ1n) is 5.77. The van der Waals surface area contributed by atoms with E-state index < -0.39 is 0 Å². The fourth-order valence-electron chi connectivity index (χ4n) is 1.96. The average molecular weight is 338 g/mol. The molecule has 0 aliphatic heterocycles.